The Balaban J connectivity index is 1.31. The molecule has 0 spiro atoms. The summed E-state index contributed by atoms with van der Waals surface area (Å²) in [5, 5.41) is 14.4. The second-order valence-electron chi connectivity index (χ2n) is 9.37. The van der Waals surface area contributed by atoms with E-state index in [-0.39, 0.29) is 5.91 Å². The number of nitrogens with zero attached hydrogens (tertiary/aromatic N) is 4. The van der Waals surface area contributed by atoms with E-state index in [0.717, 1.165) is 60.0 Å². The second kappa shape index (κ2) is 8.52. The van der Waals surface area contributed by atoms with Crippen LogP contribution in [0.15, 0.2) is 54.4 Å². The minimum atomic E-state index is -0.0351. The number of carbonyl (C=O) groups is 1. The molecule has 3 fully saturated rings. The third-order valence-electron chi connectivity index (χ3n) is 6.65. The van der Waals surface area contributed by atoms with Gasteiger partial charge in [0.05, 0.1) is 12.6 Å². The number of nitrogens with one attached hydrogen (secondary N) is 3. The lowest BCUT2D eigenvalue weighted by molar-refractivity contribution is -0.118. The normalized spacial score (nSPS) is 19.6. The molecule has 3 aromatic rings. The average molecular weight is 456 g/mol. The van der Waals surface area contributed by atoms with Gasteiger partial charge in [0, 0.05) is 47.8 Å². The van der Waals surface area contributed by atoms with E-state index in [4.69, 9.17) is 4.98 Å². The number of anilines is 4. The van der Waals surface area contributed by atoms with Crippen LogP contribution in [0.5, 0.6) is 0 Å². The minimum Gasteiger partial charge on any atom is -0.372 e. The Bertz CT molecular complexity index is 1280. The SMILES string of the molecule is C=C1NC(=O)C/C1=C\c1cnn2c(NC3CC3)cc(Nc3ccc(N4CCCCC4)cc3)nc12. The number of carbonyl (C=O) groups excluding carboxylic acids is 1. The van der Waals surface area contributed by atoms with Crippen molar-refractivity contribution in [3.63, 3.8) is 0 Å². The summed E-state index contributed by atoms with van der Waals surface area (Å²) in [6.07, 6.45) is 10.3. The summed E-state index contributed by atoms with van der Waals surface area (Å²) in [5.74, 6) is 1.62. The summed E-state index contributed by atoms with van der Waals surface area (Å²) in [5.41, 5.74) is 5.37. The fourth-order valence-corrected chi connectivity index (χ4v) is 4.64. The molecule has 0 atom stereocenters. The first-order valence-electron chi connectivity index (χ1n) is 12.1. The predicted octanol–water partition coefficient (Wildman–Crippen LogP) is 4.45. The van der Waals surface area contributed by atoms with E-state index < -0.39 is 0 Å². The van der Waals surface area contributed by atoms with Crippen molar-refractivity contribution in [2.45, 2.75) is 44.6 Å². The van der Waals surface area contributed by atoms with Gasteiger partial charge in [-0.05, 0) is 68.0 Å². The van der Waals surface area contributed by atoms with Crippen LogP contribution in [-0.2, 0) is 4.79 Å². The lowest BCUT2D eigenvalue weighted by atomic mass is 10.1. The molecular weight excluding hydrogens is 426 g/mol. The smallest absolute Gasteiger partial charge is 0.228 e. The van der Waals surface area contributed by atoms with Crippen molar-refractivity contribution in [1.82, 2.24) is 19.9 Å². The Morgan fingerprint density at radius 3 is 2.62 bits per heavy atom. The maximum Gasteiger partial charge on any atom is 0.228 e. The zero-order chi connectivity index (χ0) is 23.1. The molecular formula is C26H29N7O. The highest BCUT2D eigenvalue weighted by molar-refractivity contribution is 5.89. The van der Waals surface area contributed by atoms with Gasteiger partial charge >= 0.3 is 0 Å². The van der Waals surface area contributed by atoms with Crippen molar-refractivity contribution in [3.8, 4) is 0 Å². The van der Waals surface area contributed by atoms with E-state index in [1.165, 1.54) is 24.9 Å². The third kappa shape index (κ3) is 4.23. The molecule has 1 aliphatic carbocycles. The van der Waals surface area contributed by atoms with Gasteiger partial charge in [-0.3, -0.25) is 4.79 Å². The summed E-state index contributed by atoms with van der Waals surface area (Å²) < 4.78 is 1.84. The van der Waals surface area contributed by atoms with Crippen molar-refractivity contribution < 1.29 is 4.79 Å². The number of hydrogen-bond acceptors (Lipinski definition) is 6. The number of hydrogen-bond donors (Lipinski definition) is 3. The molecule has 6 rings (SSSR count). The van der Waals surface area contributed by atoms with Gasteiger partial charge in [0.15, 0.2) is 5.65 Å². The Kier molecular flexibility index (Phi) is 5.20. The van der Waals surface area contributed by atoms with Crippen molar-refractivity contribution in [2.24, 2.45) is 0 Å². The molecule has 2 aliphatic heterocycles. The van der Waals surface area contributed by atoms with E-state index in [1.807, 2.05) is 16.7 Å². The van der Waals surface area contributed by atoms with Crippen LogP contribution >= 0.6 is 0 Å². The number of aromatic nitrogens is 3. The van der Waals surface area contributed by atoms with Crippen molar-refractivity contribution >= 4 is 40.6 Å². The first-order chi connectivity index (χ1) is 16.6. The molecule has 1 amide bonds. The number of piperidine rings is 1. The highest BCUT2D eigenvalue weighted by atomic mass is 16.1. The van der Waals surface area contributed by atoms with Gasteiger partial charge in [-0.25, -0.2) is 4.98 Å². The maximum atomic E-state index is 11.7. The lowest BCUT2D eigenvalue weighted by Crippen LogP contribution is -2.29. The summed E-state index contributed by atoms with van der Waals surface area (Å²) in [6, 6.07) is 11.1. The van der Waals surface area contributed by atoms with E-state index in [9.17, 15) is 4.79 Å². The molecule has 174 valence electrons. The molecule has 3 N–H and O–H groups in total. The first-order valence-corrected chi connectivity index (χ1v) is 12.1. The van der Waals surface area contributed by atoms with Crippen LogP contribution in [0.2, 0.25) is 0 Å². The summed E-state index contributed by atoms with van der Waals surface area (Å²) in [6.45, 7) is 6.22. The fraction of sp³-hybridized carbons (Fsp3) is 0.346. The van der Waals surface area contributed by atoms with E-state index in [0.29, 0.717) is 18.2 Å². The van der Waals surface area contributed by atoms with Gasteiger partial charge in [0.1, 0.15) is 11.6 Å². The summed E-state index contributed by atoms with van der Waals surface area (Å²) in [7, 11) is 0. The first kappa shape index (κ1) is 20.8. The quantitative estimate of drug-likeness (QED) is 0.509. The second-order valence-corrected chi connectivity index (χ2v) is 9.37. The Morgan fingerprint density at radius 1 is 1.12 bits per heavy atom. The lowest BCUT2D eigenvalue weighted by Gasteiger charge is -2.28. The molecule has 8 nitrogen and oxygen atoms in total. The third-order valence-corrected chi connectivity index (χ3v) is 6.65. The van der Waals surface area contributed by atoms with Crippen molar-refractivity contribution in [2.75, 3.05) is 28.6 Å². The zero-order valence-corrected chi connectivity index (χ0v) is 19.2. The molecule has 0 radical (unpaired) electrons. The van der Waals surface area contributed by atoms with Crippen LogP contribution in [0.1, 0.15) is 44.1 Å². The van der Waals surface area contributed by atoms with Crippen LogP contribution in [-0.4, -0.2) is 39.6 Å². The number of fused-ring (bicyclic) bond motifs is 1. The van der Waals surface area contributed by atoms with Crippen molar-refractivity contribution in [1.29, 1.82) is 0 Å². The number of rotatable bonds is 6. The predicted molar refractivity (Wildman–Crippen MR) is 135 cm³/mol. The molecule has 4 heterocycles. The highest BCUT2D eigenvalue weighted by Crippen LogP contribution is 2.30. The molecule has 1 aromatic carbocycles. The Morgan fingerprint density at radius 2 is 1.91 bits per heavy atom. The van der Waals surface area contributed by atoms with Crippen LogP contribution < -0.4 is 20.9 Å². The molecule has 1 saturated carbocycles. The molecule has 8 heteroatoms. The molecule has 2 saturated heterocycles. The summed E-state index contributed by atoms with van der Waals surface area (Å²) in [4.78, 5) is 19.1. The van der Waals surface area contributed by atoms with Gasteiger partial charge in [0.25, 0.3) is 0 Å². The molecule has 34 heavy (non-hydrogen) atoms. The standard InChI is InChI=1S/C26H29N7O/c1-17-18(14-25(34)28-17)13-19-16-27-33-24(30-21-5-6-21)15-23(31-26(19)33)29-20-7-9-22(10-8-20)32-11-3-2-4-12-32/h7-10,13,15-16,21,30H,1-6,11-12,14H2,(H,28,34)(H,29,31)/b18-13+. The Hall–Kier alpha value is -3.81. The highest BCUT2D eigenvalue weighted by Gasteiger charge is 2.24. The van der Waals surface area contributed by atoms with Crippen LogP contribution in [0.25, 0.3) is 11.7 Å². The zero-order valence-electron chi connectivity index (χ0n) is 19.2. The molecule has 3 aliphatic rings. The number of amides is 1. The van der Waals surface area contributed by atoms with Crippen molar-refractivity contribution in [3.05, 3.63) is 59.9 Å². The van der Waals surface area contributed by atoms with Gasteiger partial charge in [0.2, 0.25) is 5.91 Å². The summed E-state index contributed by atoms with van der Waals surface area (Å²) >= 11 is 0. The van der Waals surface area contributed by atoms with Crippen LogP contribution in [0, 0.1) is 0 Å². The van der Waals surface area contributed by atoms with Crippen LogP contribution in [0.3, 0.4) is 0 Å². The van der Waals surface area contributed by atoms with E-state index in [2.05, 4.69) is 56.8 Å². The monoisotopic (exact) mass is 455 g/mol. The largest absolute Gasteiger partial charge is 0.372 e. The number of allylic oxidation sites excluding steroid dienone is 1. The number of benzene rings is 1. The minimum absolute atomic E-state index is 0.0351. The van der Waals surface area contributed by atoms with Gasteiger partial charge in [-0.2, -0.15) is 9.61 Å². The van der Waals surface area contributed by atoms with Gasteiger partial charge in [-0.1, -0.05) is 6.58 Å². The molecule has 0 bridgehead atoms. The maximum absolute atomic E-state index is 11.7. The Labute approximate surface area is 198 Å². The topological polar surface area (TPSA) is 86.6 Å². The van der Waals surface area contributed by atoms with E-state index >= 15 is 0 Å². The molecule has 2 aromatic heterocycles. The van der Waals surface area contributed by atoms with E-state index in [1.54, 1.807) is 6.20 Å². The van der Waals surface area contributed by atoms with Gasteiger partial charge in [-0.15, -0.1) is 0 Å². The molecule has 0 unspecified atom stereocenters. The average Bonchev–Trinajstić information content (AvgIpc) is 3.48. The van der Waals surface area contributed by atoms with Gasteiger partial charge < -0.3 is 20.9 Å². The fourth-order valence-electron chi connectivity index (χ4n) is 4.64. The van der Waals surface area contributed by atoms with Crippen LogP contribution in [0.4, 0.5) is 23.0 Å².